The van der Waals surface area contributed by atoms with Crippen LogP contribution in [0.5, 0.6) is 0 Å². The van der Waals surface area contributed by atoms with E-state index in [1.807, 2.05) is 6.07 Å². The van der Waals surface area contributed by atoms with Gasteiger partial charge in [-0.15, -0.1) is 0 Å². The van der Waals surface area contributed by atoms with Crippen molar-refractivity contribution >= 4 is 5.97 Å². The Hall–Kier alpha value is -1.61. The molecule has 0 fully saturated rings. The smallest absolute Gasteiger partial charge is 0.342 e. The standard InChI is InChI=1S/C11H12O3/c1-9(12)7-8-14-11(13)10-5-3-2-4-6-10/h2-9,12H,1H3. The molecule has 0 aliphatic heterocycles. The zero-order valence-corrected chi connectivity index (χ0v) is 7.88. The molecule has 0 aliphatic carbocycles. The molecule has 74 valence electrons. The van der Waals surface area contributed by atoms with Crippen LogP contribution in [0.2, 0.25) is 0 Å². The molecular weight excluding hydrogens is 180 g/mol. The number of hydrogen-bond donors (Lipinski definition) is 1. The van der Waals surface area contributed by atoms with Crippen molar-refractivity contribution in [1.29, 1.82) is 0 Å². The van der Waals surface area contributed by atoms with Crippen LogP contribution in [0.3, 0.4) is 0 Å². The zero-order valence-electron chi connectivity index (χ0n) is 7.88. The topological polar surface area (TPSA) is 46.5 Å². The summed E-state index contributed by atoms with van der Waals surface area (Å²) in [6.07, 6.45) is 1.97. The van der Waals surface area contributed by atoms with E-state index in [2.05, 4.69) is 0 Å². The average Bonchev–Trinajstić information content (AvgIpc) is 2.18. The first-order valence-electron chi connectivity index (χ1n) is 4.31. The predicted octanol–water partition coefficient (Wildman–Crippen LogP) is 1.74. The van der Waals surface area contributed by atoms with Crippen LogP contribution in [0, 0.1) is 0 Å². The third-order valence-corrected chi connectivity index (χ3v) is 1.54. The normalized spacial score (nSPS) is 12.7. The van der Waals surface area contributed by atoms with E-state index >= 15 is 0 Å². The lowest BCUT2D eigenvalue weighted by Gasteiger charge is -1.98. The summed E-state index contributed by atoms with van der Waals surface area (Å²) < 4.78 is 4.76. The Morgan fingerprint density at radius 1 is 1.43 bits per heavy atom. The van der Waals surface area contributed by atoms with Gasteiger partial charge in [0.2, 0.25) is 0 Å². The van der Waals surface area contributed by atoms with Gasteiger partial charge in [0.1, 0.15) is 0 Å². The van der Waals surface area contributed by atoms with Gasteiger partial charge in [-0.3, -0.25) is 0 Å². The van der Waals surface area contributed by atoms with Gasteiger partial charge in [-0.1, -0.05) is 18.2 Å². The first kappa shape index (κ1) is 10.5. The van der Waals surface area contributed by atoms with Crippen LogP contribution >= 0.6 is 0 Å². The molecule has 1 aromatic rings. The maximum Gasteiger partial charge on any atom is 0.342 e. The molecule has 0 saturated heterocycles. The van der Waals surface area contributed by atoms with Crippen molar-refractivity contribution in [2.75, 3.05) is 0 Å². The van der Waals surface area contributed by atoms with Crippen LogP contribution in [0.4, 0.5) is 0 Å². The molecule has 0 heterocycles. The largest absolute Gasteiger partial charge is 0.431 e. The second-order valence-electron chi connectivity index (χ2n) is 2.84. The van der Waals surface area contributed by atoms with Gasteiger partial charge in [-0.2, -0.15) is 0 Å². The second-order valence-corrected chi connectivity index (χ2v) is 2.84. The summed E-state index contributed by atoms with van der Waals surface area (Å²) in [5.41, 5.74) is 0.489. The number of aliphatic hydroxyl groups is 1. The van der Waals surface area contributed by atoms with Gasteiger partial charge in [-0.05, 0) is 25.1 Å². The lowest BCUT2D eigenvalue weighted by molar-refractivity contribution is 0.0660. The first-order valence-corrected chi connectivity index (χ1v) is 4.31. The quantitative estimate of drug-likeness (QED) is 0.586. The molecule has 3 nitrogen and oxygen atoms in total. The van der Waals surface area contributed by atoms with Gasteiger partial charge in [0.05, 0.1) is 17.9 Å². The van der Waals surface area contributed by atoms with Gasteiger partial charge in [0.15, 0.2) is 0 Å². The molecule has 1 rings (SSSR count). The SMILES string of the molecule is CC(O)C=COC(=O)c1ccccc1. The molecule has 14 heavy (non-hydrogen) atoms. The van der Waals surface area contributed by atoms with Crippen LogP contribution in [0.25, 0.3) is 0 Å². The molecule has 0 aliphatic rings. The van der Waals surface area contributed by atoms with Crippen molar-refractivity contribution in [2.24, 2.45) is 0 Å². The fourth-order valence-electron chi connectivity index (χ4n) is 0.857. The third kappa shape index (κ3) is 3.41. The maximum atomic E-state index is 11.3. The Morgan fingerprint density at radius 3 is 2.64 bits per heavy atom. The summed E-state index contributed by atoms with van der Waals surface area (Å²) in [6.45, 7) is 1.58. The van der Waals surface area contributed by atoms with Crippen LogP contribution in [0.1, 0.15) is 17.3 Å². The van der Waals surface area contributed by atoms with E-state index in [-0.39, 0.29) is 0 Å². The summed E-state index contributed by atoms with van der Waals surface area (Å²) in [5.74, 6) is -0.428. The highest BCUT2D eigenvalue weighted by atomic mass is 16.5. The molecule has 0 bridgehead atoms. The van der Waals surface area contributed by atoms with Gasteiger partial charge in [-0.25, -0.2) is 4.79 Å². The number of benzene rings is 1. The molecule has 0 radical (unpaired) electrons. The highest BCUT2D eigenvalue weighted by Crippen LogP contribution is 2.01. The van der Waals surface area contributed by atoms with E-state index < -0.39 is 12.1 Å². The molecule has 3 heteroatoms. The summed E-state index contributed by atoms with van der Waals surface area (Å²) in [7, 11) is 0. The number of aliphatic hydroxyl groups excluding tert-OH is 1. The Kier molecular flexibility index (Phi) is 3.88. The van der Waals surface area contributed by atoms with Gasteiger partial charge < -0.3 is 9.84 Å². The molecule has 0 aromatic heterocycles. The van der Waals surface area contributed by atoms with Gasteiger partial charge in [0.25, 0.3) is 0 Å². The van der Waals surface area contributed by atoms with E-state index in [1.165, 1.54) is 12.3 Å². The summed E-state index contributed by atoms with van der Waals surface area (Å²) in [5, 5.41) is 8.86. The number of esters is 1. The predicted molar refractivity (Wildman–Crippen MR) is 52.7 cm³/mol. The van der Waals surface area contributed by atoms with Crippen LogP contribution in [-0.4, -0.2) is 17.2 Å². The van der Waals surface area contributed by atoms with E-state index in [1.54, 1.807) is 31.2 Å². The zero-order chi connectivity index (χ0) is 10.4. The average molecular weight is 192 g/mol. The summed E-state index contributed by atoms with van der Waals surface area (Å²) in [6, 6.07) is 8.67. The number of hydrogen-bond acceptors (Lipinski definition) is 3. The highest BCUT2D eigenvalue weighted by Gasteiger charge is 2.02. The fourth-order valence-corrected chi connectivity index (χ4v) is 0.857. The lowest BCUT2D eigenvalue weighted by atomic mass is 10.2. The van der Waals surface area contributed by atoms with Crippen molar-refractivity contribution in [1.82, 2.24) is 0 Å². The van der Waals surface area contributed by atoms with Crippen molar-refractivity contribution in [3.63, 3.8) is 0 Å². The molecule has 0 saturated carbocycles. The number of rotatable bonds is 3. The molecule has 1 unspecified atom stereocenters. The number of carbonyl (C=O) groups is 1. The molecule has 0 spiro atoms. The molecule has 1 aromatic carbocycles. The van der Waals surface area contributed by atoms with Gasteiger partial charge in [0, 0.05) is 0 Å². The minimum absolute atomic E-state index is 0.428. The Bertz CT molecular complexity index is 315. The molecular formula is C11H12O3. The van der Waals surface area contributed by atoms with E-state index in [4.69, 9.17) is 9.84 Å². The monoisotopic (exact) mass is 192 g/mol. The van der Waals surface area contributed by atoms with Gasteiger partial charge >= 0.3 is 5.97 Å². The van der Waals surface area contributed by atoms with Crippen molar-refractivity contribution in [3.05, 3.63) is 48.2 Å². The van der Waals surface area contributed by atoms with Crippen molar-refractivity contribution < 1.29 is 14.6 Å². The van der Waals surface area contributed by atoms with Crippen molar-refractivity contribution in [3.8, 4) is 0 Å². The summed E-state index contributed by atoms with van der Waals surface area (Å²) in [4.78, 5) is 11.3. The highest BCUT2D eigenvalue weighted by molar-refractivity contribution is 5.89. The maximum absolute atomic E-state index is 11.3. The molecule has 0 amide bonds. The molecule has 1 N–H and O–H groups in total. The molecule has 1 atom stereocenters. The van der Waals surface area contributed by atoms with E-state index in [9.17, 15) is 4.79 Å². The number of ether oxygens (including phenoxy) is 1. The van der Waals surface area contributed by atoms with Crippen LogP contribution < -0.4 is 0 Å². The fraction of sp³-hybridized carbons (Fsp3) is 0.182. The minimum atomic E-state index is -0.612. The van der Waals surface area contributed by atoms with Crippen LogP contribution in [0.15, 0.2) is 42.7 Å². The first-order chi connectivity index (χ1) is 6.70. The lowest BCUT2D eigenvalue weighted by Crippen LogP contribution is -2.01. The van der Waals surface area contributed by atoms with E-state index in [0.717, 1.165) is 0 Å². The minimum Gasteiger partial charge on any atom is -0.431 e. The third-order valence-electron chi connectivity index (χ3n) is 1.54. The Balaban J connectivity index is 2.52. The Labute approximate surface area is 82.6 Å². The van der Waals surface area contributed by atoms with E-state index in [0.29, 0.717) is 5.56 Å². The second kappa shape index (κ2) is 5.19. The summed E-state index contributed by atoms with van der Waals surface area (Å²) >= 11 is 0. The van der Waals surface area contributed by atoms with Crippen molar-refractivity contribution in [2.45, 2.75) is 13.0 Å². The Morgan fingerprint density at radius 2 is 2.07 bits per heavy atom. The number of carbonyl (C=O) groups excluding carboxylic acids is 1. The van der Waals surface area contributed by atoms with Crippen LogP contribution in [-0.2, 0) is 4.74 Å².